The van der Waals surface area contributed by atoms with E-state index in [2.05, 4.69) is 10.3 Å². The Morgan fingerprint density at radius 2 is 2.00 bits per heavy atom. The van der Waals surface area contributed by atoms with Crippen LogP contribution in [0.25, 0.3) is 17.0 Å². The molecule has 0 radical (unpaired) electrons. The number of benzene rings is 2. The van der Waals surface area contributed by atoms with E-state index in [-0.39, 0.29) is 23.7 Å². The third-order valence-corrected chi connectivity index (χ3v) is 4.41. The predicted molar refractivity (Wildman–Crippen MR) is 110 cm³/mol. The van der Waals surface area contributed by atoms with E-state index in [0.29, 0.717) is 26.5 Å². The SMILES string of the molecule is CCOC(=O)c1[nH]c2cc(Cl)cc(Cl)c2c1C=CC(=O)Nc1ccccc1O. The minimum Gasteiger partial charge on any atom is -0.506 e. The minimum absolute atomic E-state index is 0.0544. The van der Waals surface area contributed by atoms with Crippen molar-refractivity contribution in [2.24, 2.45) is 0 Å². The minimum atomic E-state index is -0.577. The molecule has 3 N–H and O–H groups in total. The van der Waals surface area contributed by atoms with E-state index < -0.39 is 11.9 Å². The highest BCUT2D eigenvalue weighted by molar-refractivity contribution is 6.39. The van der Waals surface area contributed by atoms with Gasteiger partial charge in [-0.2, -0.15) is 0 Å². The second kappa shape index (κ2) is 8.37. The number of anilines is 1. The van der Waals surface area contributed by atoms with Crippen molar-refractivity contribution in [1.82, 2.24) is 4.98 Å². The number of carbonyl (C=O) groups is 2. The van der Waals surface area contributed by atoms with Gasteiger partial charge in [0, 0.05) is 27.6 Å². The standard InChI is InChI=1S/C20H16Cl2N2O4/c1-2-28-20(27)19-12(18-13(22)9-11(21)10-15(18)24-19)7-8-17(26)23-14-5-3-4-6-16(14)25/h3-10,24-25H,2H2,1H3,(H,23,26). The van der Waals surface area contributed by atoms with Gasteiger partial charge < -0.3 is 20.1 Å². The molecule has 0 aliphatic rings. The van der Waals surface area contributed by atoms with E-state index >= 15 is 0 Å². The molecule has 8 heteroatoms. The maximum absolute atomic E-state index is 12.3. The molecular weight excluding hydrogens is 403 g/mol. The molecule has 6 nitrogen and oxygen atoms in total. The number of phenols is 1. The third-order valence-electron chi connectivity index (χ3n) is 3.90. The normalized spacial score (nSPS) is 11.1. The summed E-state index contributed by atoms with van der Waals surface area (Å²) in [5.74, 6) is -1.12. The van der Waals surface area contributed by atoms with Crippen molar-refractivity contribution in [3.63, 3.8) is 0 Å². The van der Waals surface area contributed by atoms with Crippen molar-refractivity contribution < 1.29 is 19.4 Å². The summed E-state index contributed by atoms with van der Waals surface area (Å²) < 4.78 is 5.07. The third kappa shape index (κ3) is 4.13. The number of H-pyrrole nitrogens is 1. The van der Waals surface area contributed by atoms with Gasteiger partial charge in [0.1, 0.15) is 11.4 Å². The Morgan fingerprint density at radius 3 is 2.71 bits per heavy atom. The average Bonchev–Trinajstić information content (AvgIpc) is 3.01. The van der Waals surface area contributed by atoms with Gasteiger partial charge in [-0.3, -0.25) is 4.79 Å². The van der Waals surface area contributed by atoms with E-state index in [1.807, 2.05) is 0 Å². The molecule has 28 heavy (non-hydrogen) atoms. The molecular formula is C20H16Cl2N2O4. The highest BCUT2D eigenvalue weighted by Gasteiger charge is 2.20. The molecule has 0 saturated heterocycles. The molecule has 0 aliphatic carbocycles. The number of fused-ring (bicyclic) bond motifs is 1. The number of nitrogens with one attached hydrogen (secondary N) is 2. The highest BCUT2D eigenvalue weighted by Crippen LogP contribution is 2.33. The van der Waals surface area contributed by atoms with Crippen LogP contribution < -0.4 is 5.32 Å². The summed E-state index contributed by atoms with van der Waals surface area (Å²) in [5, 5.41) is 13.6. The molecule has 3 rings (SSSR count). The molecule has 0 aliphatic heterocycles. The quantitative estimate of drug-likeness (QED) is 0.308. The summed E-state index contributed by atoms with van der Waals surface area (Å²) in [6.45, 7) is 1.89. The van der Waals surface area contributed by atoms with Crippen molar-refractivity contribution in [1.29, 1.82) is 0 Å². The smallest absolute Gasteiger partial charge is 0.355 e. The van der Waals surface area contributed by atoms with E-state index in [4.69, 9.17) is 27.9 Å². The summed E-state index contributed by atoms with van der Waals surface area (Å²) in [4.78, 5) is 27.5. The zero-order chi connectivity index (χ0) is 20.3. The summed E-state index contributed by atoms with van der Waals surface area (Å²) in [7, 11) is 0. The Kier molecular flexibility index (Phi) is 5.92. The highest BCUT2D eigenvalue weighted by atomic mass is 35.5. The van der Waals surface area contributed by atoms with E-state index in [1.165, 1.54) is 18.2 Å². The van der Waals surface area contributed by atoms with E-state index in [1.54, 1.807) is 37.3 Å². The number of hydrogen-bond acceptors (Lipinski definition) is 4. The Morgan fingerprint density at radius 1 is 1.25 bits per heavy atom. The lowest BCUT2D eigenvalue weighted by molar-refractivity contribution is -0.111. The number of aromatic nitrogens is 1. The van der Waals surface area contributed by atoms with Crippen LogP contribution in [0.4, 0.5) is 5.69 Å². The number of aromatic amines is 1. The number of carbonyl (C=O) groups excluding carboxylic acids is 2. The lowest BCUT2D eigenvalue weighted by atomic mass is 10.1. The monoisotopic (exact) mass is 418 g/mol. The molecule has 2 aromatic carbocycles. The first kappa shape index (κ1) is 19.8. The van der Waals surface area contributed by atoms with Crippen molar-refractivity contribution in [3.8, 4) is 5.75 Å². The van der Waals surface area contributed by atoms with Crippen LogP contribution in [0, 0.1) is 0 Å². The molecule has 1 aromatic heterocycles. The van der Waals surface area contributed by atoms with Gasteiger partial charge >= 0.3 is 5.97 Å². The van der Waals surface area contributed by atoms with Gasteiger partial charge in [-0.05, 0) is 37.3 Å². The molecule has 0 fully saturated rings. The van der Waals surface area contributed by atoms with Crippen LogP contribution in [-0.2, 0) is 9.53 Å². The van der Waals surface area contributed by atoms with Crippen LogP contribution >= 0.6 is 23.2 Å². The lowest BCUT2D eigenvalue weighted by Crippen LogP contribution is -2.09. The number of rotatable bonds is 5. The number of esters is 1. The van der Waals surface area contributed by atoms with Crippen molar-refractivity contribution in [2.75, 3.05) is 11.9 Å². The maximum atomic E-state index is 12.3. The zero-order valence-electron chi connectivity index (χ0n) is 14.8. The number of para-hydroxylation sites is 2. The van der Waals surface area contributed by atoms with Gasteiger partial charge in [0.05, 0.1) is 17.3 Å². The number of ether oxygens (including phenoxy) is 1. The van der Waals surface area contributed by atoms with Gasteiger partial charge in [-0.1, -0.05) is 35.3 Å². The lowest BCUT2D eigenvalue weighted by Gasteiger charge is -2.04. The Bertz CT molecular complexity index is 1090. The Hall–Kier alpha value is -2.96. The molecule has 0 unspecified atom stereocenters. The summed E-state index contributed by atoms with van der Waals surface area (Å²) in [6.07, 6.45) is 2.70. The second-order valence-corrected chi connectivity index (χ2v) is 6.63. The van der Waals surface area contributed by atoms with Crippen LogP contribution in [0.15, 0.2) is 42.5 Å². The molecule has 3 aromatic rings. The van der Waals surface area contributed by atoms with Crippen molar-refractivity contribution in [3.05, 3.63) is 63.8 Å². The average molecular weight is 419 g/mol. The number of amides is 1. The molecule has 1 amide bonds. The van der Waals surface area contributed by atoms with Crippen LogP contribution in [0.1, 0.15) is 23.0 Å². The Labute approximate surface area is 170 Å². The van der Waals surface area contributed by atoms with Crippen LogP contribution in [0.2, 0.25) is 10.0 Å². The van der Waals surface area contributed by atoms with Gasteiger partial charge in [0.15, 0.2) is 0 Å². The largest absolute Gasteiger partial charge is 0.506 e. The summed E-state index contributed by atoms with van der Waals surface area (Å²) in [6, 6.07) is 9.53. The number of halogens is 2. The Balaban J connectivity index is 1.99. The molecule has 0 atom stereocenters. The first-order valence-corrected chi connectivity index (χ1v) is 9.11. The molecule has 0 bridgehead atoms. The zero-order valence-corrected chi connectivity index (χ0v) is 16.3. The number of phenolic OH excluding ortho intramolecular Hbond substituents is 1. The van der Waals surface area contributed by atoms with Crippen molar-refractivity contribution in [2.45, 2.75) is 6.92 Å². The summed E-state index contributed by atoms with van der Waals surface area (Å²) in [5.41, 5.74) is 1.38. The van der Waals surface area contributed by atoms with Gasteiger partial charge in [-0.25, -0.2) is 4.79 Å². The van der Waals surface area contributed by atoms with Crippen LogP contribution in [0.5, 0.6) is 5.75 Å². The first-order valence-electron chi connectivity index (χ1n) is 8.35. The molecule has 1 heterocycles. The maximum Gasteiger partial charge on any atom is 0.355 e. The first-order chi connectivity index (χ1) is 13.4. The van der Waals surface area contributed by atoms with E-state index in [9.17, 15) is 14.7 Å². The summed E-state index contributed by atoms with van der Waals surface area (Å²) >= 11 is 12.3. The number of aromatic hydroxyl groups is 1. The van der Waals surface area contributed by atoms with E-state index in [0.717, 1.165) is 0 Å². The fourth-order valence-electron chi connectivity index (χ4n) is 2.72. The second-order valence-electron chi connectivity index (χ2n) is 5.78. The topological polar surface area (TPSA) is 91.4 Å². The van der Waals surface area contributed by atoms with Gasteiger partial charge in [0.2, 0.25) is 5.91 Å². The van der Waals surface area contributed by atoms with Gasteiger partial charge in [-0.15, -0.1) is 0 Å². The molecule has 144 valence electrons. The predicted octanol–water partition coefficient (Wildman–Crippen LogP) is 5.01. The van der Waals surface area contributed by atoms with Crippen LogP contribution in [0.3, 0.4) is 0 Å². The van der Waals surface area contributed by atoms with Crippen molar-refractivity contribution >= 4 is 57.7 Å². The molecule has 0 spiro atoms. The van der Waals surface area contributed by atoms with Crippen LogP contribution in [-0.4, -0.2) is 28.6 Å². The fraction of sp³-hybridized carbons (Fsp3) is 0.100. The van der Waals surface area contributed by atoms with Gasteiger partial charge in [0.25, 0.3) is 0 Å². The molecule has 0 saturated carbocycles. The fourth-order valence-corrected chi connectivity index (χ4v) is 3.31. The number of hydrogen-bond donors (Lipinski definition) is 3.